The Labute approximate surface area is 54.3 Å². The average Bonchev–Trinajstić information content (AvgIpc) is 1.81. The number of likely N-dealkylation sites (tertiary alicyclic amines) is 1. The molecule has 1 N–H and O–H groups in total. The number of carbonyl (C=O) groups is 1. The maximum Gasteiger partial charge on any atom is 0.309 e. The fourth-order valence-corrected chi connectivity index (χ4v) is 1.08. The maximum atomic E-state index is 10.3. The van der Waals surface area contributed by atoms with Crippen molar-refractivity contribution in [2.24, 2.45) is 5.92 Å². The highest BCUT2D eigenvalue weighted by molar-refractivity contribution is 5.72. The van der Waals surface area contributed by atoms with Crippen molar-refractivity contribution in [3.63, 3.8) is 0 Å². The van der Waals surface area contributed by atoms with Crippen LogP contribution in [0.5, 0.6) is 0 Å². The molecule has 52 valence electrons. The van der Waals surface area contributed by atoms with E-state index in [9.17, 15) is 4.79 Å². The first-order valence-electron chi connectivity index (χ1n) is 3.06. The van der Waals surface area contributed by atoms with Gasteiger partial charge in [0.1, 0.15) is 0 Å². The standard InChI is InChI=1S/C6H11NO2/c1-4-5(6(8)9)3-7(4)2/h4-5H,3H2,1-2H3,(H,8,9). The first-order chi connectivity index (χ1) is 4.13. The number of rotatable bonds is 1. The van der Waals surface area contributed by atoms with Crippen LogP contribution in [0.1, 0.15) is 6.92 Å². The highest BCUT2D eigenvalue weighted by Gasteiger charge is 2.37. The second-order valence-corrected chi connectivity index (χ2v) is 2.62. The lowest BCUT2D eigenvalue weighted by atomic mass is 9.91. The van der Waals surface area contributed by atoms with Crippen molar-refractivity contribution in [1.82, 2.24) is 4.90 Å². The highest BCUT2D eigenvalue weighted by atomic mass is 16.4. The van der Waals surface area contributed by atoms with Gasteiger partial charge in [0.25, 0.3) is 0 Å². The summed E-state index contributed by atoms with van der Waals surface area (Å²) in [7, 11) is 1.93. The van der Waals surface area contributed by atoms with Crippen molar-refractivity contribution in [3.8, 4) is 0 Å². The van der Waals surface area contributed by atoms with E-state index in [1.54, 1.807) is 0 Å². The molecule has 0 spiro atoms. The van der Waals surface area contributed by atoms with Crippen molar-refractivity contribution in [1.29, 1.82) is 0 Å². The van der Waals surface area contributed by atoms with Crippen molar-refractivity contribution in [3.05, 3.63) is 0 Å². The summed E-state index contributed by atoms with van der Waals surface area (Å²) in [4.78, 5) is 12.3. The summed E-state index contributed by atoms with van der Waals surface area (Å²) >= 11 is 0. The summed E-state index contributed by atoms with van der Waals surface area (Å²) in [6.45, 7) is 2.64. The number of nitrogens with zero attached hydrogens (tertiary/aromatic N) is 1. The van der Waals surface area contributed by atoms with E-state index in [1.807, 2.05) is 18.9 Å². The zero-order chi connectivity index (χ0) is 7.02. The van der Waals surface area contributed by atoms with Crippen molar-refractivity contribution >= 4 is 5.97 Å². The lowest BCUT2D eigenvalue weighted by molar-refractivity contribution is -0.150. The lowest BCUT2D eigenvalue weighted by Crippen LogP contribution is -2.55. The smallest absolute Gasteiger partial charge is 0.309 e. The zero-order valence-electron chi connectivity index (χ0n) is 5.66. The normalized spacial score (nSPS) is 35.8. The molecule has 0 aromatic rings. The Bertz CT molecular complexity index is 135. The predicted octanol–water partition coefficient (Wildman–Crippen LogP) is 0.0211. The van der Waals surface area contributed by atoms with Crippen LogP contribution >= 0.6 is 0 Å². The zero-order valence-corrected chi connectivity index (χ0v) is 5.66. The summed E-state index contributed by atoms with van der Waals surface area (Å²) in [5.74, 6) is -0.796. The van der Waals surface area contributed by atoms with Gasteiger partial charge >= 0.3 is 5.97 Å². The van der Waals surface area contributed by atoms with Gasteiger partial charge in [-0.3, -0.25) is 4.79 Å². The van der Waals surface area contributed by atoms with E-state index in [1.165, 1.54) is 0 Å². The van der Waals surface area contributed by atoms with Crippen molar-refractivity contribution < 1.29 is 9.90 Å². The van der Waals surface area contributed by atoms with E-state index in [-0.39, 0.29) is 12.0 Å². The van der Waals surface area contributed by atoms with Gasteiger partial charge in [0.05, 0.1) is 5.92 Å². The van der Waals surface area contributed by atoms with Crippen LogP contribution in [0.3, 0.4) is 0 Å². The molecule has 0 aliphatic carbocycles. The molecule has 1 aliphatic heterocycles. The minimum atomic E-state index is -0.666. The first-order valence-corrected chi connectivity index (χ1v) is 3.06. The van der Waals surface area contributed by atoms with Gasteiger partial charge in [-0.2, -0.15) is 0 Å². The largest absolute Gasteiger partial charge is 0.481 e. The van der Waals surface area contributed by atoms with Crippen LogP contribution < -0.4 is 0 Å². The molecule has 1 heterocycles. The third-order valence-corrected chi connectivity index (χ3v) is 2.08. The summed E-state index contributed by atoms with van der Waals surface area (Å²) in [6.07, 6.45) is 0. The predicted molar refractivity (Wildman–Crippen MR) is 33.2 cm³/mol. The van der Waals surface area contributed by atoms with Gasteiger partial charge in [0, 0.05) is 12.6 Å². The number of hydrogen-bond acceptors (Lipinski definition) is 2. The first kappa shape index (κ1) is 6.55. The van der Waals surface area contributed by atoms with Crippen LogP contribution in [0.25, 0.3) is 0 Å². The van der Waals surface area contributed by atoms with E-state index < -0.39 is 5.97 Å². The third-order valence-electron chi connectivity index (χ3n) is 2.08. The van der Waals surface area contributed by atoms with Crippen LogP contribution in [0.15, 0.2) is 0 Å². The molecule has 0 amide bonds. The van der Waals surface area contributed by atoms with Gasteiger partial charge in [0.2, 0.25) is 0 Å². The van der Waals surface area contributed by atoms with Crippen LogP contribution in [0, 0.1) is 5.92 Å². The molecule has 2 unspecified atom stereocenters. The Hall–Kier alpha value is -0.570. The number of carboxylic acids is 1. The van der Waals surface area contributed by atoms with Gasteiger partial charge in [0.15, 0.2) is 0 Å². The van der Waals surface area contributed by atoms with Crippen LogP contribution in [0.4, 0.5) is 0 Å². The molecule has 0 radical (unpaired) electrons. The molecule has 3 nitrogen and oxygen atoms in total. The molecule has 1 saturated heterocycles. The summed E-state index contributed by atoms with van der Waals surface area (Å²) in [5, 5.41) is 8.49. The Morgan fingerprint density at radius 1 is 1.78 bits per heavy atom. The molecule has 0 aromatic heterocycles. The fraction of sp³-hybridized carbons (Fsp3) is 0.833. The summed E-state index contributed by atoms with van der Waals surface area (Å²) in [6, 6.07) is 0.225. The molecule has 0 saturated carbocycles. The minimum Gasteiger partial charge on any atom is -0.481 e. The second kappa shape index (κ2) is 1.99. The van der Waals surface area contributed by atoms with Crippen molar-refractivity contribution in [2.75, 3.05) is 13.6 Å². The number of aliphatic carboxylic acids is 1. The SMILES string of the molecule is CC1C(C(=O)O)CN1C. The molecule has 2 atom stereocenters. The van der Waals surface area contributed by atoms with E-state index in [0.717, 1.165) is 0 Å². The third kappa shape index (κ3) is 0.920. The molecule has 1 aliphatic rings. The monoisotopic (exact) mass is 129 g/mol. The molecular formula is C6H11NO2. The highest BCUT2D eigenvalue weighted by Crippen LogP contribution is 2.21. The van der Waals surface area contributed by atoms with E-state index >= 15 is 0 Å². The fourth-order valence-electron chi connectivity index (χ4n) is 1.08. The van der Waals surface area contributed by atoms with Gasteiger partial charge in [-0.1, -0.05) is 0 Å². The van der Waals surface area contributed by atoms with Gasteiger partial charge in [-0.05, 0) is 14.0 Å². The maximum absolute atomic E-state index is 10.3. The Balaban J connectivity index is 2.42. The van der Waals surface area contributed by atoms with Gasteiger partial charge in [-0.25, -0.2) is 0 Å². The lowest BCUT2D eigenvalue weighted by Gasteiger charge is -2.41. The Morgan fingerprint density at radius 2 is 2.33 bits per heavy atom. The van der Waals surface area contributed by atoms with Crippen molar-refractivity contribution in [2.45, 2.75) is 13.0 Å². The summed E-state index contributed by atoms with van der Waals surface area (Å²) < 4.78 is 0. The van der Waals surface area contributed by atoms with E-state index in [0.29, 0.717) is 6.54 Å². The summed E-state index contributed by atoms with van der Waals surface area (Å²) in [5.41, 5.74) is 0. The van der Waals surface area contributed by atoms with Crippen LogP contribution in [-0.2, 0) is 4.79 Å². The van der Waals surface area contributed by atoms with Crippen LogP contribution in [-0.4, -0.2) is 35.6 Å². The minimum absolute atomic E-state index is 0.130. The Kier molecular flexibility index (Phi) is 1.45. The molecular weight excluding hydrogens is 118 g/mol. The van der Waals surface area contributed by atoms with E-state index in [2.05, 4.69) is 0 Å². The quantitative estimate of drug-likeness (QED) is 0.542. The number of carboxylic acid groups (broad SMARTS) is 1. The molecule has 0 aromatic carbocycles. The second-order valence-electron chi connectivity index (χ2n) is 2.62. The molecule has 9 heavy (non-hydrogen) atoms. The Morgan fingerprint density at radius 3 is 2.44 bits per heavy atom. The van der Waals surface area contributed by atoms with Gasteiger partial charge < -0.3 is 10.0 Å². The molecule has 0 bridgehead atoms. The van der Waals surface area contributed by atoms with E-state index in [4.69, 9.17) is 5.11 Å². The molecule has 1 rings (SSSR count). The molecule has 1 fully saturated rings. The topological polar surface area (TPSA) is 40.5 Å². The average molecular weight is 129 g/mol. The molecule has 3 heteroatoms. The number of hydrogen-bond donors (Lipinski definition) is 1. The van der Waals surface area contributed by atoms with Crippen LogP contribution in [0.2, 0.25) is 0 Å². The van der Waals surface area contributed by atoms with Gasteiger partial charge in [-0.15, -0.1) is 0 Å².